The van der Waals surface area contributed by atoms with Crippen LogP contribution in [-0.4, -0.2) is 15.6 Å². The molecule has 90 valence electrons. The third-order valence-corrected chi connectivity index (χ3v) is 3.75. The molecule has 0 unspecified atom stereocenters. The van der Waals surface area contributed by atoms with Crippen LogP contribution in [0.15, 0.2) is 53.7 Å². The monoisotopic (exact) mass is 254 g/mol. The van der Waals surface area contributed by atoms with E-state index in [0.29, 0.717) is 0 Å². The third-order valence-electron chi connectivity index (χ3n) is 3.00. The van der Waals surface area contributed by atoms with Crippen molar-refractivity contribution in [2.45, 2.75) is 11.8 Å². The number of rotatable bonds is 2. The fourth-order valence-corrected chi connectivity index (χ4v) is 2.39. The Balaban J connectivity index is 2.07. The Morgan fingerprint density at radius 3 is 2.61 bits per heavy atom. The van der Waals surface area contributed by atoms with E-state index in [9.17, 15) is 0 Å². The largest absolute Gasteiger partial charge is 0.306 e. The molecule has 0 N–H and O–H groups in total. The van der Waals surface area contributed by atoms with Gasteiger partial charge in [0.25, 0.3) is 0 Å². The van der Waals surface area contributed by atoms with Crippen LogP contribution in [0.3, 0.4) is 0 Å². The van der Waals surface area contributed by atoms with Crippen molar-refractivity contribution < 1.29 is 0 Å². The highest BCUT2D eigenvalue weighted by Crippen LogP contribution is 2.23. The van der Waals surface area contributed by atoms with E-state index in [4.69, 9.17) is 0 Å². The average Bonchev–Trinajstić information content (AvgIpc) is 2.81. The van der Waals surface area contributed by atoms with Crippen LogP contribution < -0.4 is 0 Å². The number of aromatic nitrogens is 2. The fourth-order valence-electron chi connectivity index (χ4n) is 1.98. The van der Waals surface area contributed by atoms with Gasteiger partial charge in [-0.25, -0.2) is 4.98 Å². The van der Waals surface area contributed by atoms with Gasteiger partial charge >= 0.3 is 0 Å². The first-order valence-electron chi connectivity index (χ1n) is 5.86. The Bertz CT molecular complexity index is 683. The number of thioether (sulfide) groups is 1. The van der Waals surface area contributed by atoms with E-state index in [-0.39, 0.29) is 0 Å². The summed E-state index contributed by atoms with van der Waals surface area (Å²) in [6.07, 6.45) is 6.21. The minimum atomic E-state index is 0.999. The first kappa shape index (κ1) is 11.4. The van der Waals surface area contributed by atoms with E-state index in [2.05, 4.69) is 71.4 Å². The molecule has 0 fully saturated rings. The minimum Gasteiger partial charge on any atom is -0.306 e. The number of benzene rings is 1. The second-order valence-electron chi connectivity index (χ2n) is 4.32. The maximum Gasteiger partial charge on any atom is 0.137 e. The summed E-state index contributed by atoms with van der Waals surface area (Å²) in [5, 5.41) is 0. The topological polar surface area (TPSA) is 17.3 Å². The van der Waals surface area contributed by atoms with Gasteiger partial charge < -0.3 is 4.40 Å². The van der Waals surface area contributed by atoms with Gasteiger partial charge in [-0.05, 0) is 43.0 Å². The molecule has 3 heteroatoms. The molecule has 0 aliphatic heterocycles. The van der Waals surface area contributed by atoms with Gasteiger partial charge in [0, 0.05) is 22.9 Å². The molecule has 3 rings (SSSR count). The van der Waals surface area contributed by atoms with Crippen LogP contribution in [0, 0.1) is 6.92 Å². The summed E-state index contributed by atoms with van der Waals surface area (Å²) in [5.74, 6) is 0. The van der Waals surface area contributed by atoms with Gasteiger partial charge in [-0.3, -0.25) is 0 Å². The van der Waals surface area contributed by atoms with Crippen LogP contribution in [-0.2, 0) is 0 Å². The lowest BCUT2D eigenvalue weighted by Crippen LogP contribution is -1.81. The van der Waals surface area contributed by atoms with Crippen LogP contribution in [0.5, 0.6) is 0 Å². The zero-order chi connectivity index (χ0) is 12.5. The van der Waals surface area contributed by atoms with Crippen LogP contribution in [0.2, 0.25) is 0 Å². The molecule has 0 bridgehead atoms. The molecule has 3 aromatic rings. The number of nitrogens with zero attached hydrogens (tertiary/aromatic N) is 2. The van der Waals surface area contributed by atoms with Crippen molar-refractivity contribution in [2.75, 3.05) is 6.26 Å². The molecule has 2 aromatic heterocycles. The normalized spacial score (nSPS) is 11.0. The smallest absolute Gasteiger partial charge is 0.137 e. The Morgan fingerprint density at radius 2 is 1.89 bits per heavy atom. The van der Waals surface area contributed by atoms with Crippen molar-refractivity contribution in [3.8, 4) is 11.3 Å². The summed E-state index contributed by atoms with van der Waals surface area (Å²) < 4.78 is 2.06. The van der Waals surface area contributed by atoms with E-state index in [1.165, 1.54) is 10.5 Å². The van der Waals surface area contributed by atoms with Gasteiger partial charge in [-0.1, -0.05) is 12.1 Å². The van der Waals surface area contributed by atoms with Gasteiger partial charge in [-0.2, -0.15) is 0 Å². The van der Waals surface area contributed by atoms with Crippen molar-refractivity contribution in [1.82, 2.24) is 9.38 Å². The summed E-state index contributed by atoms with van der Waals surface area (Å²) in [6.45, 7) is 2.08. The van der Waals surface area contributed by atoms with Crippen LogP contribution in [0.1, 0.15) is 5.56 Å². The number of hydrogen-bond donors (Lipinski definition) is 0. The quantitative estimate of drug-likeness (QED) is 0.642. The van der Waals surface area contributed by atoms with E-state index in [1.54, 1.807) is 11.8 Å². The molecule has 0 saturated heterocycles. The highest BCUT2D eigenvalue weighted by atomic mass is 32.2. The molecule has 2 heterocycles. The molecule has 0 amide bonds. The molecule has 0 aliphatic carbocycles. The summed E-state index contributed by atoms with van der Waals surface area (Å²) in [4.78, 5) is 5.93. The Kier molecular flexibility index (Phi) is 2.84. The average molecular weight is 254 g/mol. The molecule has 18 heavy (non-hydrogen) atoms. The number of imidazole rings is 1. The maximum absolute atomic E-state index is 4.66. The minimum absolute atomic E-state index is 0.999. The van der Waals surface area contributed by atoms with Gasteiger partial charge in [0.2, 0.25) is 0 Å². The standard InChI is InChI=1S/C15H14N2S/c1-11-7-8-17-10-14(16-15(17)9-11)12-3-5-13(18-2)6-4-12/h3-10H,1-2H3. The van der Waals surface area contributed by atoms with Crippen LogP contribution >= 0.6 is 11.8 Å². The van der Waals surface area contributed by atoms with E-state index >= 15 is 0 Å². The molecule has 0 aliphatic rings. The molecule has 0 spiro atoms. The van der Waals surface area contributed by atoms with Gasteiger partial charge in [0.15, 0.2) is 0 Å². The molecular weight excluding hydrogens is 240 g/mol. The second-order valence-corrected chi connectivity index (χ2v) is 5.20. The van der Waals surface area contributed by atoms with Crippen LogP contribution in [0.4, 0.5) is 0 Å². The number of pyridine rings is 1. The zero-order valence-electron chi connectivity index (χ0n) is 10.4. The summed E-state index contributed by atoms with van der Waals surface area (Å²) in [5.41, 5.74) is 4.42. The predicted octanol–water partition coefficient (Wildman–Crippen LogP) is 4.03. The summed E-state index contributed by atoms with van der Waals surface area (Å²) >= 11 is 1.75. The van der Waals surface area contributed by atoms with Crippen molar-refractivity contribution >= 4 is 17.4 Å². The van der Waals surface area contributed by atoms with Crippen LogP contribution in [0.25, 0.3) is 16.9 Å². The first-order valence-corrected chi connectivity index (χ1v) is 7.08. The summed E-state index contributed by atoms with van der Waals surface area (Å²) in [6, 6.07) is 12.7. The molecule has 0 radical (unpaired) electrons. The highest BCUT2D eigenvalue weighted by Gasteiger charge is 2.04. The first-order chi connectivity index (χ1) is 8.76. The number of hydrogen-bond acceptors (Lipinski definition) is 2. The van der Waals surface area contributed by atoms with E-state index in [1.807, 2.05) is 0 Å². The van der Waals surface area contributed by atoms with Crippen molar-refractivity contribution in [2.24, 2.45) is 0 Å². The number of fused-ring (bicyclic) bond motifs is 1. The van der Waals surface area contributed by atoms with E-state index < -0.39 is 0 Å². The van der Waals surface area contributed by atoms with Crippen molar-refractivity contribution in [3.63, 3.8) is 0 Å². The van der Waals surface area contributed by atoms with Crippen molar-refractivity contribution in [1.29, 1.82) is 0 Å². The molecular formula is C15H14N2S. The third kappa shape index (κ3) is 2.02. The molecule has 2 nitrogen and oxygen atoms in total. The number of aryl methyl sites for hydroxylation is 1. The van der Waals surface area contributed by atoms with Crippen molar-refractivity contribution in [3.05, 3.63) is 54.4 Å². The molecule has 0 atom stereocenters. The Morgan fingerprint density at radius 1 is 1.11 bits per heavy atom. The maximum atomic E-state index is 4.66. The SMILES string of the molecule is CSc1ccc(-c2cn3ccc(C)cc3n2)cc1. The predicted molar refractivity (Wildman–Crippen MR) is 77.1 cm³/mol. The van der Waals surface area contributed by atoms with E-state index in [0.717, 1.165) is 16.9 Å². The lowest BCUT2D eigenvalue weighted by Gasteiger charge is -1.98. The molecule has 1 aromatic carbocycles. The molecule has 0 saturated carbocycles. The summed E-state index contributed by atoms with van der Waals surface area (Å²) in [7, 11) is 0. The lowest BCUT2D eigenvalue weighted by molar-refractivity contribution is 1.17. The van der Waals surface area contributed by atoms with Gasteiger partial charge in [0.05, 0.1) is 5.69 Å². The van der Waals surface area contributed by atoms with Gasteiger partial charge in [0.1, 0.15) is 5.65 Å². The second kappa shape index (κ2) is 4.50. The zero-order valence-corrected chi connectivity index (χ0v) is 11.2. The fraction of sp³-hybridized carbons (Fsp3) is 0.133. The highest BCUT2D eigenvalue weighted by molar-refractivity contribution is 7.98. The Labute approximate surface area is 111 Å². The lowest BCUT2D eigenvalue weighted by atomic mass is 10.2. The van der Waals surface area contributed by atoms with Gasteiger partial charge in [-0.15, -0.1) is 11.8 Å². The Hall–Kier alpha value is -1.74.